The summed E-state index contributed by atoms with van der Waals surface area (Å²) in [5, 5.41) is 5.72. The van der Waals surface area contributed by atoms with Crippen LogP contribution in [0.3, 0.4) is 0 Å². The second-order valence-corrected chi connectivity index (χ2v) is 8.29. The number of carbonyl (C=O) groups excluding carboxylic acids is 3. The molecule has 3 aromatic carbocycles. The van der Waals surface area contributed by atoms with Crippen molar-refractivity contribution in [1.29, 1.82) is 0 Å². The third-order valence-corrected chi connectivity index (χ3v) is 5.70. The zero-order valence-electron chi connectivity index (χ0n) is 18.2. The minimum atomic E-state index is -0.719. The molecule has 0 aromatic heterocycles. The van der Waals surface area contributed by atoms with Gasteiger partial charge in [0.2, 0.25) is 0 Å². The molecule has 34 heavy (non-hydrogen) atoms. The van der Waals surface area contributed by atoms with Crippen LogP contribution in [0.2, 0.25) is 5.02 Å². The number of aryl methyl sites for hydroxylation is 1. The highest BCUT2D eigenvalue weighted by atomic mass is 35.5. The molecular weight excluding hydrogens is 477 g/mol. The molecule has 2 N–H and O–H groups in total. The molecule has 0 saturated heterocycles. The van der Waals surface area contributed by atoms with E-state index in [4.69, 9.17) is 27.9 Å². The number of halogens is 2. The maximum Gasteiger partial charge on any atom is 0.283 e. The van der Waals surface area contributed by atoms with Crippen LogP contribution in [0, 0.1) is 6.92 Å². The van der Waals surface area contributed by atoms with Gasteiger partial charge in [0.25, 0.3) is 17.7 Å². The number of ether oxygens (including phenoxy) is 1. The third kappa shape index (κ3) is 4.62. The summed E-state index contributed by atoms with van der Waals surface area (Å²) in [4.78, 5) is 39.5. The zero-order valence-corrected chi connectivity index (χ0v) is 19.7. The number of amides is 3. The zero-order chi connectivity index (χ0) is 24.4. The van der Waals surface area contributed by atoms with Crippen LogP contribution in [-0.4, -0.2) is 24.8 Å². The summed E-state index contributed by atoms with van der Waals surface area (Å²) < 4.78 is 5.26. The average molecular weight is 496 g/mol. The summed E-state index contributed by atoms with van der Waals surface area (Å²) in [5.41, 5.74) is 2.55. The molecule has 3 aromatic rings. The van der Waals surface area contributed by atoms with E-state index < -0.39 is 11.8 Å². The van der Waals surface area contributed by atoms with Gasteiger partial charge in [0.1, 0.15) is 16.5 Å². The Labute approximate surface area is 205 Å². The van der Waals surface area contributed by atoms with Gasteiger partial charge in [-0.1, -0.05) is 47.0 Å². The van der Waals surface area contributed by atoms with Gasteiger partial charge >= 0.3 is 0 Å². The first-order valence-corrected chi connectivity index (χ1v) is 10.9. The Hall–Kier alpha value is -3.81. The number of imide groups is 1. The second kappa shape index (κ2) is 9.59. The summed E-state index contributed by atoms with van der Waals surface area (Å²) in [7, 11) is 1.42. The Morgan fingerprint density at radius 2 is 1.65 bits per heavy atom. The predicted octanol–water partition coefficient (Wildman–Crippen LogP) is 5.35. The molecule has 9 heteroatoms. The molecule has 0 unspecified atom stereocenters. The fourth-order valence-electron chi connectivity index (χ4n) is 3.39. The molecule has 0 saturated carbocycles. The van der Waals surface area contributed by atoms with Crippen molar-refractivity contribution in [3.63, 3.8) is 0 Å². The van der Waals surface area contributed by atoms with Crippen molar-refractivity contribution in [2.75, 3.05) is 22.6 Å². The summed E-state index contributed by atoms with van der Waals surface area (Å²) in [6.45, 7) is 1.96. The number of anilines is 3. The van der Waals surface area contributed by atoms with Crippen LogP contribution >= 0.6 is 23.2 Å². The Balaban J connectivity index is 1.56. The Kier molecular flexibility index (Phi) is 6.58. The highest BCUT2D eigenvalue weighted by molar-refractivity contribution is 6.53. The molecule has 4 rings (SSSR count). The third-order valence-electron chi connectivity index (χ3n) is 5.11. The van der Waals surface area contributed by atoms with E-state index in [1.165, 1.54) is 13.2 Å². The van der Waals surface area contributed by atoms with Crippen molar-refractivity contribution in [3.05, 3.63) is 93.6 Å². The van der Waals surface area contributed by atoms with E-state index in [-0.39, 0.29) is 28.1 Å². The van der Waals surface area contributed by atoms with E-state index >= 15 is 0 Å². The van der Waals surface area contributed by atoms with Gasteiger partial charge in [-0.15, -0.1) is 0 Å². The van der Waals surface area contributed by atoms with E-state index in [2.05, 4.69) is 10.6 Å². The van der Waals surface area contributed by atoms with E-state index in [1.54, 1.807) is 48.5 Å². The lowest BCUT2D eigenvalue weighted by molar-refractivity contribution is -0.120. The Bertz CT molecular complexity index is 1340. The van der Waals surface area contributed by atoms with Crippen LogP contribution in [0.5, 0.6) is 5.75 Å². The van der Waals surface area contributed by atoms with Gasteiger partial charge in [0, 0.05) is 22.0 Å². The van der Waals surface area contributed by atoms with Gasteiger partial charge < -0.3 is 15.4 Å². The molecule has 3 amide bonds. The van der Waals surface area contributed by atoms with Gasteiger partial charge in [0.05, 0.1) is 12.8 Å². The van der Waals surface area contributed by atoms with Gasteiger partial charge in [-0.2, -0.15) is 0 Å². The van der Waals surface area contributed by atoms with Crippen molar-refractivity contribution in [3.8, 4) is 5.75 Å². The van der Waals surface area contributed by atoms with E-state index in [0.29, 0.717) is 22.0 Å². The molecule has 0 atom stereocenters. The van der Waals surface area contributed by atoms with Crippen molar-refractivity contribution < 1.29 is 19.1 Å². The summed E-state index contributed by atoms with van der Waals surface area (Å²) in [5.74, 6) is -1.44. The van der Waals surface area contributed by atoms with Crippen LogP contribution in [0.1, 0.15) is 15.9 Å². The maximum absolute atomic E-state index is 13.1. The first-order chi connectivity index (χ1) is 16.3. The number of methoxy groups -OCH3 is 1. The number of nitrogens with zero attached hydrogens (tertiary/aromatic N) is 1. The number of benzene rings is 3. The highest BCUT2D eigenvalue weighted by Crippen LogP contribution is 2.37. The van der Waals surface area contributed by atoms with Gasteiger partial charge in [-0.3, -0.25) is 14.4 Å². The van der Waals surface area contributed by atoms with Crippen molar-refractivity contribution in [1.82, 2.24) is 0 Å². The fraction of sp³-hybridized carbons (Fsp3) is 0.0800. The lowest BCUT2D eigenvalue weighted by Gasteiger charge is -2.18. The standard InChI is InChI=1S/C25H19Cl2N3O4/c1-14-6-9-17(10-7-14)29-23(31)15-4-3-5-18(12-15)28-22-21(27)24(32)30(25(22)33)19-13-16(26)8-11-20(19)34-2/h3-13,28H,1-2H3,(H,29,31). The first-order valence-electron chi connectivity index (χ1n) is 10.2. The second-order valence-electron chi connectivity index (χ2n) is 7.48. The lowest BCUT2D eigenvalue weighted by atomic mass is 10.1. The largest absolute Gasteiger partial charge is 0.495 e. The number of hydrogen-bond donors (Lipinski definition) is 2. The first kappa shape index (κ1) is 23.4. The molecule has 1 heterocycles. The Morgan fingerprint density at radius 1 is 0.912 bits per heavy atom. The molecule has 1 aliphatic rings. The number of nitrogens with one attached hydrogen (secondary N) is 2. The monoisotopic (exact) mass is 495 g/mol. The SMILES string of the molecule is COc1ccc(Cl)cc1N1C(=O)C(Cl)=C(Nc2cccc(C(=O)Nc3ccc(C)cc3)c2)C1=O. The number of carbonyl (C=O) groups is 3. The average Bonchev–Trinajstić information content (AvgIpc) is 3.03. The van der Waals surface area contributed by atoms with E-state index in [9.17, 15) is 14.4 Å². The molecular formula is C25H19Cl2N3O4. The van der Waals surface area contributed by atoms with Gasteiger partial charge in [-0.25, -0.2) is 4.90 Å². The molecule has 0 aliphatic carbocycles. The topological polar surface area (TPSA) is 87.7 Å². The molecule has 0 fully saturated rings. The normalized spacial score (nSPS) is 13.4. The molecule has 172 valence electrons. The minimum Gasteiger partial charge on any atom is -0.495 e. The molecule has 0 radical (unpaired) electrons. The van der Waals surface area contributed by atoms with E-state index in [0.717, 1.165) is 10.5 Å². The number of hydrogen-bond acceptors (Lipinski definition) is 5. The minimum absolute atomic E-state index is 0.121. The van der Waals surface area contributed by atoms with Crippen LogP contribution in [0.15, 0.2) is 77.5 Å². The fourth-order valence-corrected chi connectivity index (χ4v) is 3.77. The van der Waals surface area contributed by atoms with Gasteiger partial charge in [-0.05, 0) is 55.5 Å². The smallest absolute Gasteiger partial charge is 0.283 e. The molecule has 1 aliphatic heterocycles. The van der Waals surface area contributed by atoms with Crippen molar-refractivity contribution in [2.24, 2.45) is 0 Å². The summed E-state index contributed by atoms with van der Waals surface area (Å²) in [6, 6.07) is 18.5. The summed E-state index contributed by atoms with van der Waals surface area (Å²) >= 11 is 12.3. The predicted molar refractivity (Wildman–Crippen MR) is 133 cm³/mol. The van der Waals surface area contributed by atoms with Crippen LogP contribution in [-0.2, 0) is 9.59 Å². The molecule has 7 nitrogen and oxygen atoms in total. The number of rotatable bonds is 6. The maximum atomic E-state index is 13.1. The summed E-state index contributed by atoms with van der Waals surface area (Å²) in [6.07, 6.45) is 0. The van der Waals surface area contributed by atoms with Crippen LogP contribution < -0.4 is 20.3 Å². The van der Waals surface area contributed by atoms with Crippen molar-refractivity contribution >= 4 is 58.0 Å². The van der Waals surface area contributed by atoms with Crippen LogP contribution in [0.25, 0.3) is 0 Å². The molecule has 0 spiro atoms. The van der Waals surface area contributed by atoms with Gasteiger partial charge in [0.15, 0.2) is 0 Å². The van der Waals surface area contributed by atoms with Crippen LogP contribution in [0.4, 0.5) is 17.1 Å². The van der Waals surface area contributed by atoms with E-state index in [1.807, 2.05) is 19.1 Å². The Morgan fingerprint density at radius 3 is 2.35 bits per heavy atom. The molecule has 0 bridgehead atoms. The quantitative estimate of drug-likeness (QED) is 0.450. The highest BCUT2D eigenvalue weighted by Gasteiger charge is 2.40. The van der Waals surface area contributed by atoms with Crippen molar-refractivity contribution in [2.45, 2.75) is 6.92 Å². The lowest BCUT2D eigenvalue weighted by Crippen LogP contribution is -2.32.